The zero-order valence-corrected chi connectivity index (χ0v) is 18.9. The molecular weight excluding hydrogens is 442 g/mol. The highest BCUT2D eigenvalue weighted by molar-refractivity contribution is 7.92. The Morgan fingerprint density at radius 3 is 2.27 bits per heavy atom. The standard InChI is InChI=1S/C24H23N3O5S/c1-17-11-13-20(14-12-17)33(31,32)27(22-10-6-3-7-18(22)2)16-23(28)26-25-15-19-8-4-5-9-21(19)24(29)30/h3-15H,16H2,1-2H3,(H,26,28)(H,29,30)/b25-15+. The van der Waals surface area contributed by atoms with Crippen molar-refractivity contribution in [3.8, 4) is 0 Å². The van der Waals surface area contributed by atoms with Gasteiger partial charge in [-0.05, 0) is 43.7 Å². The van der Waals surface area contributed by atoms with E-state index in [0.717, 1.165) is 9.87 Å². The maximum atomic E-state index is 13.4. The van der Waals surface area contributed by atoms with Crippen molar-refractivity contribution in [2.24, 2.45) is 5.10 Å². The Morgan fingerprint density at radius 1 is 0.970 bits per heavy atom. The van der Waals surface area contributed by atoms with E-state index in [9.17, 15) is 23.1 Å². The number of carbonyl (C=O) groups is 2. The molecule has 0 aliphatic heterocycles. The van der Waals surface area contributed by atoms with Crippen molar-refractivity contribution in [1.82, 2.24) is 5.43 Å². The highest BCUT2D eigenvalue weighted by Gasteiger charge is 2.28. The molecule has 0 saturated heterocycles. The molecule has 0 aromatic heterocycles. The monoisotopic (exact) mass is 465 g/mol. The number of aryl methyl sites for hydroxylation is 2. The lowest BCUT2D eigenvalue weighted by Gasteiger charge is -2.25. The molecule has 0 spiro atoms. The van der Waals surface area contributed by atoms with Crippen molar-refractivity contribution >= 4 is 33.8 Å². The van der Waals surface area contributed by atoms with E-state index >= 15 is 0 Å². The SMILES string of the molecule is Cc1ccc(S(=O)(=O)N(CC(=O)N/N=C/c2ccccc2C(=O)O)c2ccccc2C)cc1. The molecule has 33 heavy (non-hydrogen) atoms. The van der Waals surface area contributed by atoms with Crippen LogP contribution in [0.15, 0.2) is 82.8 Å². The van der Waals surface area contributed by atoms with Crippen LogP contribution in [0.2, 0.25) is 0 Å². The van der Waals surface area contributed by atoms with Crippen LogP contribution in [0.5, 0.6) is 0 Å². The molecular formula is C24H23N3O5S. The Balaban J connectivity index is 1.87. The number of hydrazone groups is 1. The van der Waals surface area contributed by atoms with E-state index in [-0.39, 0.29) is 10.5 Å². The summed E-state index contributed by atoms with van der Waals surface area (Å²) in [5.74, 6) is -1.81. The average molecular weight is 466 g/mol. The van der Waals surface area contributed by atoms with E-state index in [1.165, 1.54) is 24.4 Å². The third kappa shape index (κ3) is 5.64. The van der Waals surface area contributed by atoms with Gasteiger partial charge in [-0.2, -0.15) is 5.10 Å². The van der Waals surface area contributed by atoms with Gasteiger partial charge in [0.2, 0.25) is 0 Å². The van der Waals surface area contributed by atoms with Crippen molar-refractivity contribution in [3.05, 3.63) is 95.1 Å². The van der Waals surface area contributed by atoms with E-state index in [1.54, 1.807) is 61.5 Å². The van der Waals surface area contributed by atoms with Gasteiger partial charge in [0, 0.05) is 5.56 Å². The van der Waals surface area contributed by atoms with Crippen molar-refractivity contribution in [2.75, 3.05) is 10.8 Å². The number of amides is 1. The van der Waals surface area contributed by atoms with Crippen LogP contribution in [0, 0.1) is 13.8 Å². The minimum absolute atomic E-state index is 0.0268. The predicted molar refractivity (Wildman–Crippen MR) is 126 cm³/mol. The normalized spacial score (nSPS) is 11.3. The van der Waals surface area contributed by atoms with Crippen LogP contribution in [-0.2, 0) is 14.8 Å². The van der Waals surface area contributed by atoms with Gasteiger partial charge in [0.15, 0.2) is 0 Å². The summed E-state index contributed by atoms with van der Waals surface area (Å²) in [5.41, 5.74) is 4.56. The molecule has 0 unspecified atom stereocenters. The maximum Gasteiger partial charge on any atom is 0.336 e. The molecule has 1 amide bonds. The molecule has 3 aromatic carbocycles. The maximum absolute atomic E-state index is 13.4. The molecule has 0 aliphatic rings. The van der Waals surface area contributed by atoms with Gasteiger partial charge in [0.1, 0.15) is 6.54 Å². The summed E-state index contributed by atoms with van der Waals surface area (Å²) in [4.78, 5) is 24.0. The Kier molecular flexibility index (Phi) is 7.24. The van der Waals surface area contributed by atoms with E-state index < -0.39 is 28.4 Å². The molecule has 0 saturated carbocycles. The van der Waals surface area contributed by atoms with Gasteiger partial charge in [-0.25, -0.2) is 18.6 Å². The summed E-state index contributed by atoms with van der Waals surface area (Å²) in [7, 11) is -4.04. The second-order valence-electron chi connectivity index (χ2n) is 7.30. The van der Waals surface area contributed by atoms with Gasteiger partial charge in [-0.1, -0.05) is 54.1 Å². The number of anilines is 1. The number of aromatic carboxylic acids is 1. The average Bonchev–Trinajstić information content (AvgIpc) is 2.78. The van der Waals surface area contributed by atoms with Gasteiger partial charge >= 0.3 is 5.97 Å². The highest BCUT2D eigenvalue weighted by Crippen LogP contribution is 2.26. The largest absolute Gasteiger partial charge is 0.478 e. The summed E-state index contributed by atoms with van der Waals surface area (Å²) in [5, 5.41) is 13.0. The first kappa shape index (κ1) is 23.7. The Morgan fingerprint density at radius 2 is 1.61 bits per heavy atom. The number of nitrogens with zero attached hydrogens (tertiary/aromatic N) is 2. The fourth-order valence-electron chi connectivity index (χ4n) is 3.12. The second-order valence-corrected chi connectivity index (χ2v) is 9.16. The van der Waals surface area contributed by atoms with Crippen LogP contribution in [0.1, 0.15) is 27.0 Å². The van der Waals surface area contributed by atoms with E-state index in [2.05, 4.69) is 10.5 Å². The first-order chi connectivity index (χ1) is 15.7. The number of carbonyl (C=O) groups excluding carboxylic acids is 1. The lowest BCUT2D eigenvalue weighted by Crippen LogP contribution is -2.40. The van der Waals surface area contributed by atoms with Gasteiger partial charge in [-0.15, -0.1) is 0 Å². The van der Waals surface area contributed by atoms with Crippen LogP contribution in [0.25, 0.3) is 0 Å². The number of hydrogen-bond donors (Lipinski definition) is 2. The topological polar surface area (TPSA) is 116 Å². The van der Waals surface area contributed by atoms with E-state index in [1.807, 2.05) is 6.92 Å². The molecule has 9 heteroatoms. The molecule has 0 atom stereocenters. The number of rotatable bonds is 8. The Labute approximate surface area is 192 Å². The summed E-state index contributed by atoms with van der Waals surface area (Å²) < 4.78 is 27.8. The smallest absolute Gasteiger partial charge is 0.336 e. The molecule has 0 aliphatic carbocycles. The Bertz CT molecular complexity index is 1300. The summed E-state index contributed by atoms with van der Waals surface area (Å²) >= 11 is 0. The third-order valence-corrected chi connectivity index (χ3v) is 6.64. The van der Waals surface area contributed by atoms with Crippen LogP contribution in [0.3, 0.4) is 0 Å². The zero-order valence-electron chi connectivity index (χ0n) is 18.1. The molecule has 170 valence electrons. The number of sulfonamides is 1. The number of nitrogens with one attached hydrogen (secondary N) is 1. The van der Waals surface area contributed by atoms with Crippen molar-refractivity contribution in [3.63, 3.8) is 0 Å². The van der Waals surface area contributed by atoms with Crippen molar-refractivity contribution in [2.45, 2.75) is 18.7 Å². The predicted octanol–water partition coefficient (Wildman–Crippen LogP) is 3.35. The summed E-state index contributed by atoms with van der Waals surface area (Å²) in [6.07, 6.45) is 1.20. The lowest BCUT2D eigenvalue weighted by molar-refractivity contribution is -0.119. The van der Waals surface area contributed by atoms with Gasteiger partial charge < -0.3 is 5.11 Å². The van der Waals surface area contributed by atoms with E-state index in [0.29, 0.717) is 16.8 Å². The minimum Gasteiger partial charge on any atom is -0.478 e. The minimum atomic E-state index is -4.04. The number of benzene rings is 3. The van der Waals surface area contributed by atoms with Crippen LogP contribution in [0.4, 0.5) is 5.69 Å². The Hall–Kier alpha value is -3.98. The van der Waals surface area contributed by atoms with Crippen molar-refractivity contribution < 1.29 is 23.1 Å². The molecule has 0 fully saturated rings. The first-order valence-corrected chi connectivity index (χ1v) is 11.4. The summed E-state index contributed by atoms with van der Waals surface area (Å²) in [6, 6.07) is 19.4. The molecule has 2 N–H and O–H groups in total. The van der Waals surface area contributed by atoms with Crippen LogP contribution >= 0.6 is 0 Å². The number of hydrogen-bond acceptors (Lipinski definition) is 5. The lowest BCUT2D eigenvalue weighted by atomic mass is 10.1. The molecule has 8 nitrogen and oxygen atoms in total. The molecule has 3 aromatic rings. The molecule has 3 rings (SSSR count). The molecule has 0 heterocycles. The fraction of sp³-hybridized carbons (Fsp3) is 0.125. The quantitative estimate of drug-likeness (QED) is 0.391. The second kappa shape index (κ2) is 10.1. The van der Waals surface area contributed by atoms with Gasteiger partial charge in [0.05, 0.1) is 22.4 Å². The molecule has 0 bridgehead atoms. The number of para-hydroxylation sites is 1. The number of carboxylic acid groups (broad SMARTS) is 1. The fourth-order valence-corrected chi connectivity index (χ4v) is 4.61. The van der Waals surface area contributed by atoms with Crippen LogP contribution < -0.4 is 9.73 Å². The van der Waals surface area contributed by atoms with Crippen LogP contribution in [-0.4, -0.2) is 38.2 Å². The highest BCUT2D eigenvalue weighted by atomic mass is 32.2. The molecule has 0 radical (unpaired) electrons. The van der Waals surface area contributed by atoms with Gasteiger partial charge in [0.25, 0.3) is 15.9 Å². The first-order valence-electron chi connectivity index (χ1n) is 9.99. The summed E-state index contributed by atoms with van der Waals surface area (Å²) in [6.45, 7) is 3.09. The number of carboxylic acids is 1. The van der Waals surface area contributed by atoms with Gasteiger partial charge in [-0.3, -0.25) is 9.10 Å². The third-order valence-electron chi connectivity index (χ3n) is 4.86. The van der Waals surface area contributed by atoms with E-state index in [4.69, 9.17) is 0 Å². The zero-order chi connectivity index (χ0) is 24.0. The van der Waals surface area contributed by atoms with Crippen molar-refractivity contribution in [1.29, 1.82) is 0 Å².